The van der Waals surface area contributed by atoms with E-state index in [4.69, 9.17) is 4.74 Å². The Labute approximate surface area is 193 Å². The number of guanidine groups is 1. The Hall–Kier alpha value is -2.48. The van der Waals surface area contributed by atoms with E-state index in [-0.39, 0.29) is 6.09 Å². The summed E-state index contributed by atoms with van der Waals surface area (Å²) < 4.78 is 5.09. The Balaban J connectivity index is 1.28. The van der Waals surface area contributed by atoms with Gasteiger partial charge in [-0.3, -0.25) is 9.89 Å². The van der Waals surface area contributed by atoms with Crippen molar-refractivity contribution in [1.29, 1.82) is 0 Å². The summed E-state index contributed by atoms with van der Waals surface area (Å²) in [4.78, 5) is 25.4. The van der Waals surface area contributed by atoms with Gasteiger partial charge in [0.05, 0.1) is 6.61 Å². The SMILES string of the molecule is CCOC(=O)N1CCN(C(=NC)NCCCCN2CCN(c3cccc(C)c3)CC2)CC1. The minimum Gasteiger partial charge on any atom is -0.450 e. The first-order chi connectivity index (χ1) is 15.6. The summed E-state index contributed by atoms with van der Waals surface area (Å²) in [7, 11) is 1.83. The van der Waals surface area contributed by atoms with Crippen LogP contribution in [0.25, 0.3) is 0 Å². The van der Waals surface area contributed by atoms with Crippen LogP contribution in [0, 0.1) is 6.92 Å². The Morgan fingerprint density at radius 1 is 1.03 bits per heavy atom. The van der Waals surface area contributed by atoms with Crippen LogP contribution >= 0.6 is 0 Å². The molecular weight excluding hydrogens is 404 g/mol. The lowest BCUT2D eigenvalue weighted by molar-refractivity contribution is 0.0914. The van der Waals surface area contributed by atoms with Crippen molar-refractivity contribution in [2.45, 2.75) is 26.7 Å². The van der Waals surface area contributed by atoms with E-state index in [2.05, 4.69) is 56.2 Å². The van der Waals surface area contributed by atoms with Gasteiger partial charge >= 0.3 is 6.09 Å². The Bertz CT molecular complexity index is 740. The molecule has 0 radical (unpaired) electrons. The van der Waals surface area contributed by atoms with Crippen LogP contribution in [0.3, 0.4) is 0 Å². The second-order valence-electron chi connectivity index (χ2n) is 8.52. The van der Waals surface area contributed by atoms with E-state index in [0.717, 1.165) is 64.7 Å². The lowest BCUT2D eigenvalue weighted by Gasteiger charge is -2.36. The molecule has 8 heteroatoms. The number of hydrogen-bond acceptors (Lipinski definition) is 5. The number of anilines is 1. The second kappa shape index (κ2) is 12.5. The van der Waals surface area contributed by atoms with Gasteiger partial charge in [0.2, 0.25) is 0 Å². The molecule has 178 valence electrons. The molecule has 0 atom stereocenters. The van der Waals surface area contributed by atoms with Crippen LogP contribution in [-0.2, 0) is 4.74 Å². The number of unbranched alkanes of at least 4 members (excludes halogenated alkanes) is 1. The lowest BCUT2D eigenvalue weighted by atomic mass is 10.2. The molecule has 2 fully saturated rings. The van der Waals surface area contributed by atoms with Crippen LogP contribution in [0.15, 0.2) is 29.3 Å². The molecule has 0 saturated carbocycles. The Morgan fingerprint density at radius 2 is 1.75 bits per heavy atom. The van der Waals surface area contributed by atoms with E-state index >= 15 is 0 Å². The smallest absolute Gasteiger partial charge is 0.409 e. The number of aliphatic imine (C=N–C) groups is 1. The van der Waals surface area contributed by atoms with Crippen molar-refractivity contribution in [3.63, 3.8) is 0 Å². The molecule has 0 spiro atoms. The molecule has 2 heterocycles. The molecule has 8 nitrogen and oxygen atoms in total. The zero-order valence-corrected chi connectivity index (χ0v) is 20.1. The van der Waals surface area contributed by atoms with Gasteiger partial charge in [-0.15, -0.1) is 0 Å². The average molecular weight is 445 g/mol. The summed E-state index contributed by atoms with van der Waals surface area (Å²) in [6.07, 6.45) is 2.10. The van der Waals surface area contributed by atoms with Crippen LogP contribution in [0.5, 0.6) is 0 Å². The van der Waals surface area contributed by atoms with Gasteiger partial charge in [-0.25, -0.2) is 4.79 Å². The Kier molecular flexibility index (Phi) is 9.46. The monoisotopic (exact) mass is 444 g/mol. The maximum absolute atomic E-state index is 11.9. The highest BCUT2D eigenvalue weighted by atomic mass is 16.6. The third-order valence-electron chi connectivity index (χ3n) is 6.24. The number of ether oxygens (including phenoxy) is 1. The lowest BCUT2D eigenvalue weighted by Crippen LogP contribution is -2.54. The van der Waals surface area contributed by atoms with E-state index in [9.17, 15) is 4.79 Å². The van der Waals surface area contributed by atoms with Gasteiger partial charge in [-0.2, -0.15) is 0 Å². The minimum absolute atomic E-state index is 0.213. The fourth-order valence-electron chi connectivity index (χ4n) is 4.36. The van der Waals surface area contributed by atoms with E-state index in [1.165, 1.54) is 17.7 Å². The number of benzene rings is 1. The first-order valence-electron chi connectivity index (χ1n) is 12.0. The summed E-state index contributed by atoms with van der Waals surface area (Å²) in [5.41, 5.74) is 2.68. The number of piperazine rings is 2. The molecule has 0 unspecified atom stereocenters. The Morgan fingerprint density at radius 3 is 2.41 bits per heavy atom. The first-order valence-corrected chi connectivity index (χ1v) is 12.0. The van der Waals surface area contributed by atoms with Gasteiger partial charge in [-0.1, -0.05) is 12.1 Å². The zero-order valence-electron chi connectivity index (χ0n) is 20.1. The maximum atomic E-state index is 11.9. The molecule has 0 aliphatic carbocycles. The van der Waals surface area contributed by atoms with Crippen molar-refractivity contribution >= 4 is 17.7 Å². The van der Waals surface area contributed by atoms with E-state index in [1.54, 1.807) is 4.90 Å². The summed E-state index contributed by atoms with van der Waals surface area (Å²) >= 11 is 0. The fraction of sp³-hybridized carbons (Fsp3) is 0.667. The first kappa shape index (κ1) is 24.2. The summed E-state index contributed by atoms with van der Waals surface area (Å²) in [5, 5.41) is 3.49. The second-order valence-corrected chi connectivity index (χ2v) is 8.52. The normalized spacial score (nSPS) is 18.1. The van der Waals surface area contributed by atoms with Crippen molar-refractivity contribution in [2.24, 2.45) is 4.99 Å². The van der Waals surface area contributed by atoms with Crippen LogP contribution in [0.4, 0.5) is 10.5 Å². The molecule has 0 bridgehead atoms. The van der Waals surface area contributed by atoms with Gasteiger partial charge in [-0.05, 0) is 50.9 Å². The predicted molar refractivity (Wildman–Crippen MR) is 131 cm³/mol. The molecule has 3 rings (SSSR count). The quantitative estimate of drug-likeness (QED) is 0.395. The average Bonchev–Trinajstić information content (AvgIpc) is 2.82. The molecule has 1 aromatic carbocycles. The third-order valence-corrected chi connectivity index (χ3v) is 6.24. The van der Waals surface area contributed by atoms with Gasteiger partial charge in [0.15, 0.2) is 5.96 Å². The number of amides is 1. The number of rotatable bonds is 7. The third kappa shape index (κ3) is 7.02. The standard InChI is InChI=1S/C24H40N6O2/c1-4-32-24(31)30-18-16-29(17-19-30)23(25-3)26-10-5-6-11-27-12-14-28(15-13-27)22-9-7-8-21(2)20-22/h7-9,20H,4-6,10-19H2,1-3H3,(H,25,26). The number of nitrogens with zero attached hydrogens (tertiary/aromatic N) is 5. The van der Waals surface area contributed by atoms with Crippen molar-refractivity contribution in [3.05, 3.63) is 29.8 Å². The van der Waals surface area contributed by atoms with Crippen LogP contribution in [-0.4, -0.2) is 106 Å². The van der Waals surface area contributed by atoms with Gasteiger partial charge in [0, 0.05) is 71.6 Å². The van der Waals surface area contributed by atoms with E-state index in [1.807, 2.05) is 14.0 Å². The number of aryl methyl sites for hydroxylation is 1. The minimum atomic E-state index is -0.213. The zero-order chi connectivity index (χ0) is 22.8. The fourth-order valence-corrected chi connectivity index (χ4v) is 4.36. The number of carbonyl (C=O) groups excluding carboxylic acids is 1. The van der Waals surface area contributed by atoms with Crippen molar-refractivity contribution in [2.75, 3.05) is 84.0 Å². The summed E-state index contributed by atoms with van der Waals surface area (Å²) in [6.45, 7) is 13.9. The number of nitrogens with one attached hydrogen (secondary N) is 1. The molecule has 1 amide bonds. The van der Waals surface area contributed by atoms with Crippen LogP contribution in [0.1, 0.15) is 25.3 Å². The van der Waals surface area contributed by atoms with E-state index in [0.29, 0.717) is 19.7 Å². The van der Waals surface area contributed by atoms with Crippen molar-refractivity contribution < 1.29 is 9.53 Å². The van der Waals surface area contributed by atoms with Crippen molar-refractivity contribution in [1.82, 2.24) is 20.0 Å². The molecule has 2 saturated heterocycles. The largest absolute Gasteiger partial charge is 0.450 e. The molecule has 1 aromatic rings. The molecular formula is C24H40N6O2. The highest BCUT2D eigenvalue weighted by molar-refractivity contribution is 5.80. The van der Waals surface area contributed by atoms with Gasteiger partial charge in [0.25, 0.3) is 0 Å². The van der Waals surface area contributed by atoms with E-state index < -0.39 is 0 Å². The molecule has 32 heavy (non-hydrogen) atoms. The molecule has 2 aliphatic heterocycles. The van der Waals surface area contributed by atoms with Crippen LogP contribution in [0.2, 0.25) is 0 Å². The van der Waals surface area contributed by atoms with Crippen molar-refractivity contribution in [3.8, 4) is 0 Å². The highest BCUT2D eigenvalue weighted by Crippen LogP contribution is 2.18. The summed E-state index contributed by atoms with van der Waals surface area (Å²) in [6, 6.07) is 8.81. The topological polar surface area (TPSA) is 63.7 Å². The molecule has 2 aliphatic rings. The predicted octanol–water partition coefficient (Wildman–Crippen LogP) is 2.25. The number of carbonyl (C=O) groups is 1. The van der Waals surface area contributed by atoms with Gasteiger partial charge in [0.1, 0.15) is 0 Å². The number of hydrogen-bond donors (Lipinski definition) is 1. The van der Waals surface area contributed by atoms with Gasteiger partial charge < -0.3 is 24.8 Å². The summed E-state index contributed by atoms with van der Waals surface area (Å²) in [5.74, 6) is 0.931. The molecule has 0 aromatic heterocycles. The highest BCUT2D eigenvalue weighted by Gasteiger charge is 2.23. The van der Waals surface area contributed by atoms with Crippen LogP contribution < -0.4 is 10.2 Å². The molecule has 1 N–H and O–H groups in total. The maximum Gasteiger partial charge on any atom is 0.409 e.